The predicted octanol–water partition coefficient (Wildman–Crippen LogP) is 4.34. The predicted molar refractivity (Wildman–Crippen MR) is 63.6 cm³/mol. The standard InChI is InChI=1S/C11H17F5O2S/c1-2-3-4-5-8(9(17)18)19-7-6-10(12,13)11(14,15)16/h8H,2-7H2,1H3,(H,17,18). The zero-order valence-corrected chi connectivity index (χ0v) is 11.3. The van der Waals surface area contributed by atoms with E-state index in [9.17, 15) is 26.7 Å². The normalized spacial score (nSPS) is 14.4. The van der Waals surface area contributed by atoms with Gasteiger partial charge in [-0.1, -0.05) is 26.2 Å². The zero-order chi connectivity index (χ0) is 15.1. The fourth-order valence-electron chi connectivity index (χ4n) is 1.33. The Bertz CT molecular complexity index is 281. The summed E-state index contributed by atoms with van der Waals surface area (Å²) in [5.74, 6) is -6.46. The molecule has 0 aliphatic rings. The average Bonchev–Trinajstić information content (AvgIpc) is 2.25. The van der Waals surface area contributed by atoms with Gasteiger partial charge in [-0.15, -0.1) is 11.8 Å². The van der Waals surface area contributed by atoms with Crippen molar-refractivity contribution in [1.29, 1.82) is 0 Å². The summed E-state index contributed by atoms with van der Waals surface area (Å²) in [6.45, 7) is 1.92. The molecule has 0 bridgehead atoms. The minimum absolute atomic E-state index is 0.283. The first-order valence-corrected chi connectivity index (χ1v) is 6.95. The minimum atomic E-state index is -5.57. The van der Waals surface area contributed by atoms with Crippen LogP contribution in [0.2, 0.25) is 0 Å². The van der Waals surface area contributed by atoms with Crippen molar-refractivity contribution in [2.24, 2.45) is 0 Å². The van der Waals surface area contributed by atoms with Crippen LogP contribution in [0.25, 0.3) is 0 Å². The van der Waals surface area contributed by atoms with Gasteiger partial charge in [0, 0.05) is 12.2 Å². The van der Waals surface area contributed by atoms with Gasteiger partial charge in [0.25, 0.3) is 0 Å². The summed E-state index contributed by atoms with van der Waals surface area (Å²) in [6, 6.07) is 0. The molecule has 0 rings (SSSR count). The van der Waals surface area contributed by atoms with E-state index in [0.717, 1.165) is 12.8 Å². The van der Waals surface area contributed by atoms with E-state index in [1.165, 1.54) is 0 Å². The lowest BCUT2D eigenvalue weighted by Crippen LogP contribution is -2.37. The topological polar surface area (TPSA) is 37.3 Å². The third-order valence-electron chi connectivity index (χ3n) is 2.50. The number of alkyl halides is 5. The van der Waals surface area contributed by atoms with Gasteiger partial charge in [-0.3, -0.25) is 4.79 Å². The molecule has 0 spiro atoms. The molecule has 114 valence electrons. The molecule has 0 heterocycles. The lowest BCUT2D eigenvalue weighted by Gasteiger charge is -2.20. The molecule has 1 atom stereocenters. The van der Waals surface area contributed by atoms with E-state index in [0.29, 0.717) is 18.2 Å². The summed E-state index contributed by atoms with van der Waals surface area (Å²) in [5.41, 5.74) is 0. The van der Waals surface area contributed by atoms with Crippen LogP contribution >= 0.6 is 11.8 Å². The number of carbonyl (C=O) groups is 1. The highest BCUT2D eigenvalue weighted by Gasteiger charge is 2.56. The highest BCUT2D eigenvalue weighted by atomic mass is 32.2. The Morgan fingerprint density at radius 2 is 1.79 bits per heavy atom. The molecule has 0 aromatic heterocycles. The number of carboxylic acids is 1. The van der Waals surface area contributed by atoms with E-state index in [1.807, 2.05) is 6.92 Å². The van der Waals surface area contributed by atoms with Crippen molar-refractivity contribution in [2.45, 2.75) is 56.4 Å². The van der Waals surface area contributed by atoms with Crippen LogP contribution in [-0.4, -0.2) is 34.2 Å². The van der Waals surface area contributed by atoms with Crippen LogP contribution < -0.4 is 0 Å². The van der Waals surface area contributed by atoms with E-state index in [-0.39, 0.29) is 6.42 Å². The van der Waals surface area contributed by atoms with E-state index < -0.39 is 35.5 Å². The van der Waals surface area contributed by atoms with Crippen LogP contribution in [0.3, 0.4) is 0 Å². The van der Waals surface area contributed by atoms with Crippen LogP contribution in [0.5, 0.6) is 0 Å². The number of carboxylic acid groups (broad SMARTS) is 1. The van der Waals surface area contributed by atoms with Crippen molar-refractivity contribution in [3.63, 3.8) is 0 Å². The highest BCUT2D eigenvalue weighted by Crippen LogP contribution is 2.39. The summed E-state index contributed by atoms with van der Waals surface area (Å²) in [4.78, 5) is 10.8. The van der Waals surface area contributed by atoms with E-state index >= 15 is 0 Å². The summed E-state index contributed by atoms with van der Waals surface area (Å²) in [5, 5.41) is 7.91. The minimum Gasteiger partial charge on any atom is -0.480 e. The van der Waals surface area contributed by atoms with Crippen molar-refractivity contribution in [2.75, 3.05) is 5.75 Å². The van der Waals surface area contributed by atoms with E-state index in [4.69, 9.17) is 5.11 Å². The first-order valence-electron chi connectivity index (χ1n) is 5.90. The Labute approximate surface area is 112 Å². The zero-order valence-electron chi connectivity index (χ0n) is 10.5. The van der Waals surface area contributed by atoms with Crippen LogP contribution in [0.15, 0.2) is 0 Å². The van der Waals surface area contributed by atoms with Gasteiger partial charge in [0.2, 0.25) is 0 Å². The van der Waals surface area contributed by atoms with Crippen molar-refractivity contribution in [3.8, 4) is 0 Å². The molecule has 0 amide bonds. The molecule has 0 saturated carbocycles. The molecule has 1 N–H and O–H groups in total. The number of hydrogen-bond donors (Lipinski definition) is 1. The number of thioether (sulfide) groups is 1. The van der Waals surface area contributed by atoms with Gasteiger partial charge >= 0.3 is 18.1 Å². The third-order valence-corrected chi connectivity index (χ3v) is 3.77. The Balaban J connectivity index is 4.16. The summed E-state index contributed by atoms with van der Waals surface area (Å²) >= 11 is 0.644. The molecule has 0 aromatic carbocycles. The molecule has 0 fully saturated rings. The Morgan fingerprint density at radius 3 is 2.21 bits per heavy atom. The monoisotopic (exact) mass is 308 g/mol. The maximum Gasteiger partial charge on any atom is 0.453 e. The van der Waals surface area contributed by atoms with Gasteiger partial charge < -0.3 is 5.11 Å². The fourth-order valence-corrected chi connectivity index (χ4v) is 2.46. The molecule has 1 unspecified atom stereocenters. The number of unbranched alkanes of at least 4 members (excludes halogenated alkanes) is 2. The smallest absolute Gasteiger partial charge is 0.453 e. The molecule has 0 saturated heterocycles. The second kappa shape index (κ2) is 7.91. The van der Waals surface area contributed by atoms with Gasteiger partial charge in [0.1, 0.15) is 5.25 Å². The van der Waals surface area contributed by atoms with Crippen LogP contribution in [0.4, 0.5) is 22.0 Å². The first kappa shape index (κ1) is 18.5. The maximum atomic E-state index is 12.6. The average molecular weight is 308 g/mol. The molecule has 0 aromatic rings. The molecule has 2 nitrogen and oxygen atoms in total. The molecule has 0 aliphatic carbocycles. The molecular weight excluding hydrogens is 291 g/mol. The number of hydrogen-bond acceptors (Lipinski definition) is 2. The molecule has 8 heteroatoms. The van der Waals surface area contributed by atoms with Crippen molar-refractivity contribution >= 4 is 17.7 Å². The quantitative estimate of drug-likeness (QED) is 0.508. The number of aliphatic carboxylic acids is 1. The van der Waals surface area contributed by atoms with Gasteiger partial charge in [-0.2, -0.15) is 22.0 Å². The van der Waals surface area contributed by atoms with E-state index in [2.05, 4.69) is 0 Å². The van der Waals surface area contributed by atoms with Crippen molar-refractivity contribution in [1.82, 2.24) is 0 Å². The number of halogens is 5. The third kappa shape index (κ3) is 6.98. The molecule has 19 heavy (non-hydrogen) atoms. The Hall–Kier alpha value is -0.530. The Morgan fingerprint density at radius 1 is 1.21 bits per heavy atom. The van der Waals surface area contributed by atoms with Crippen molar-refractivity contribution < 1.29 is 31.9 Å². The second-order valence-electron chi connectivity index (χ2n) is 4.15. The summed E-state index contributed by atoms with van der Waals surface area (Å²) in [7, 11) is 0. The lowest BCUT2D eigenvalue weighted by atomic mass is 10.1. The SMILES string of the molecule is CCCCCC(SCCC(F)(F)C(F)(F)F)C(=O)O. The summed E-state index contributed by atoms with van der Waals surface area (Å²) < 4.78 is 60.9. The first-order chi connectivity index (χ1) is 8.62. The lowest BCUT2D eigenvalue weighted by molar-refractivity contribution is -0.282. The second-order valence-corrected chi connectivity index (χ2v) is 5.46. The van der Waals surface area contributed by atoms with Gasteiger partial charge in [0.15, 0.2) is 0 Å². The molecule has 0 aliphatic heterocycles. The Kier molecular flexibility index (Phi) is 7.69. The van der Waals surface area contributed by atoms with Crippen LogP contribution in [0.1, 0.15) is 39.0 Å². The van der Waals surface area contributed by atoms with Gasteiger partial charge in [0.05, 0.1) is 0 Å². The van der Waals surface area contributed by atoms with Crippen LogP contribution in [0, 0.1) is 0 Å². The molecule has 0 radical (unpaired) electrons. The van der Waals surface area contributed by atoms with Crippen LogP contribution in [-0.2, 0) is 4.79 Å². The summed E-state index contributed by atoms with van der Waals surface area (Å²) in [6.07, 6.45) is -4.37. The van der Waals surface area contributed by atoms with E-state index in [1.54, 1.807) is 0 Å². The largest absolute Gasteiger partial charge is 0.480 e. The molecular formula is C11H17F5O2S. The van der Waals surface area contributed by atoms with Crippen molar-refractivity contribution in [3.05, 3.63) is 0 Å². The van der Waals surface area contributed by atoms with Gasteiger partial charge in [-0.25, -0.2) is 0 Å². The maximum absolute atomic E-state index is 12.6. The fraction of sp³-hybridized carbons (Fsp3) is 0.909. The number of rotatable bonds is 9. The van der Waals surface area contributed by atoms with Gasteiger partial charge in [-0.05, 0) is 6.42 Å². The highest BCUT2D eigenvalue weighted by molar-refractivity contribution is 8.00.